The van der Waals surface area contributed by atoms with E-state index in [1.54, 1.807) is 0 Å². The first-order valence-electron chi connectivity index (χ1n) is 4.78. The van der Waals surface area contributed by atoms with Crippen molar-refractivity contribution in [2.75, 3.05) is 0 Å². The summed E-state index contributed by atoms with van der Waals surface area (Å²) in [6.45, 7) is 0. The number of fused-ring (bicyclic) bond motifs is 2. The number of carbonyl (C=O) groups is 2. The first-order chi connectivity index (χ1) is 6.18. The molecule has 0 aromatic carbocycles. The molecule has 4 heteroatoms. The summed E-state index contributed by atoms with van der Waals surface area (Å²) in [5, 5.41) is 0. The van der Waals surface area contributed by atoms with Gasteiger partial charge in [0.15, 0.2) is 0 Å². The van der Waals surface area contributed by atoms with Crippen molar-refractivity contribution in [3.63, 3.8) is 0 Å². The van der Waals surface area contributed by atoms with E-state index in [2.05, 4.69) is 0 Å². The van der Waals surface area contributed by atoms with E-state index in [9.17, 15) is 9.59 Å². The molecule has 0 atom stereocenters. The highest BCUT2D eigenvalue weighted by molar-refractivity contribution is 5.96. The van der Waals surface area contributed by atoms with E-state index in [4.69, 9.17) is 5.73 Å². The van der Waals surface area contributed by atoms with Gasteiger partial charge in [0, 0.05) is 12.1 Å². The summed E-state index contributed by atoms with van der Waals surface area (Å²) in [4.78, 5) is 24.0. The van der Waals surface area contributed by atoms with Crippen LogP contribution in [0.25, 0.3) is 0 Å². The Morgan fingerprint density at radius 2 is 1.62 bits per heavy atom. The van der Waals surface area contributed by atoms with Crippen molar-refractivity contribution in [2.24, 2.45) is 5.73 Å². The third-order valence-corrected chi connectivity index (χ3v) is 3.07. The Balaban J connectivity index is 2.01. The van der Waals surface area contributed by atoms with Gasteiger partial charge >= 0.3 is 0 Å². The van der Waals surface area contributed by atoms with Crippen LogP contribution < -0.4 is 5.73 Å². The average Bonchev–Trinajstić information content (AvgIpc) is 2.60. The molecule has 2 heterocycles. The first-order valence-corrected chi connectivity index (χ1v) is 4.78. The highest BCUT2D eigenvalue weighted by Gasteiger charge is 2.41. The second-order valence-electron chi connectivity index (χ2n) is 3.91. The summed E-state index contributed by atoms with van der Waals surface area (Å²) in [5.41, 5.74) is 4.99. The zero-order valence-corrected chi connectivity index (χ0v) is 7.53. The van der Waals surface area contributed by atoms with E-state index in [1.165, 1.54) is 0 Å². The molecule has 0 radical (unpaired) electrons. The summed E-state index contributed by atoms with van der Waals surface area (Å²) < 4.78 is 0. The van der Waals surface area contributed by atoms with Crippen molar-refractivity contribution in [3.05, 3.63) is 0 Å². The van der Waals surface area contributed by atoms with Crippen LogP contribution in [-0.4, -0.2) is 28.8 Å². The molecule has 2 fully saturated rings. The predicted molar refractivity (Wildman–Crippen MR) is 46.7 cm³/mol. The Hall–Kier alpha value is -1.06. The second-order valence-corrected chi connectivity index (χ2v) is 3.91. The monoisotopic (exact) mass is 182 g/mol. The van der Waals surface area contributed by atoms with Crippen molar-refractivity contribution in [1.82, 2.24) is 4.90 Å². The van der Waals surface area contributed by atoms with Gasteiger partial charge in [-0.3, -0.25) is 9.59 Å². The molecule has 4 nitrogen and oxygen atoms in total. The molecule has 0 spiro atoms. The van der Waals surface area contributed by atoms with Crippen LogP contribution in [0.1, 0.15) is 32.1 Å². The van der Waals surface area contributed by atoms with Gasteiger partial charge in [0.1, 0.15) is 6.42 Å². The molecule has 13 heavy (non-hydrogen) atoms. The summed E-state index contributed by atoms with van der Waals surface area (Å²) in [7, 11) is 0. The zero-order chi connectivity index (χ0) is 9.42. The molecule has 0 aromatic heterocycles. The lowest BCUT2D eigenvalue weighted by Crippen LogP contribution is -2.37. The lowest BCUT2D eigenvalue weighted by Gasteiger charge is -2.21. The molecule has 2 bridgehead atoms. The highest BCUT2D eigenvalue weighted by atomic mass is 16.2. The molecular weight excluding hydrogens is 168 g/mol. The number of nitrogens with zero attached hydrogens (tertiary/aromatic N) is 1. The maximum Gasteiger partial charge on any atom is 0.232 e. The summed E-state index contributed by atoms with van der Waals surface area (Å²) in [6.07, 6.45) is 4.31. The summed E-state index contributed by atoms with van der Waals surface area (Å²) in [5.74, 6) is -0.589. The summed E-state index contributed by atoms with van der Waals surface area (Å²) >= 11 is 0. The van der Waals surface area contributed by atoms with Gasteiger partial charge in [0.2, 0.25) is 11.8 Å². The Morgan fingerprint density at radius 3 is 2.00 bits per heavy atom. The molecule has 2 amide bonds. The summed E-state index contributed by atoms with van der Waals surface area (Å²) in [6, 6.07) is 0.800. The van der Waals surface area contributed by atoms with Gasteiger partial charge in [0.25, 0.3) is 0 Å². The molecule has 0 aliphatic carbocycles. The quantitative estimate of drug-likeness (QED) is 0.612. The normalized spacial score (nSPS) is 30.9. The number of hydrogen-bond acceptors (Lipinski definition) is 2. The molecule has 2 rings (SSSR count). The van der Waals surface area contributed by atoms with E-state index in [0.29, 0.717) is 12.1 Å². The molecule has 0 saturated carbocycles. The van der Waals surface area contributed by atoms with E-state index >= 15 is 0 Å². The number of nitrogens with two attached hydrogens (primary N) is 1. The molecule has 2 N–H and O–H groups in total. The Bertz CT molecular complexity index is 232. The minimum atomic E-state index is -0.517. The van der Waals surface area contributed by atoms with E-state index < -0.39 is 5.91 Å². The molecule has 72 valence electrons. The number of hydrogen-bond donors (Lipinski definition) is 1. The van der Waals surface area contributed by atoms with Crippen LogP contribution in [0.3, 0.4) is 0 Å². The Kier molecular flexibility index (Phi) is 1.98. The van der Waals surface area contributed by atoms with Gasteiger partial charge in [-0.25, -0.2) is 0 Å². The standard InChI is InChI=1S/C9H14N2O2/c10-8(12)5-9(13)11-6-1-2-7(11)4-3-6/h6-7H,1-5H2,(H2,10,12). The van der Waals surface area contributed by atoms with Gasteiger partial charge in [-0.2, -0.15) is 0 Å². The maximum atomic E-state index is 11.5. The molecule has 0 aromatic rings. The van der Waals surface area contributed by atoms with Gasteiger partial charge in [-0.15, -0.1) is 0 Å². The van der Waals surface area contributed by atoms with Gasteiger partial charge in [0.05, 0.1) is 0 Å². The van der Waals surface area contributed by atoms with E-state index in [-0.39, 0.29) is 12.3 Å². The lowest BCUT2D eigenvalue weighted by molar-refractivity contribution is -0.136. The van der Waals surface area contributed by atoms with Crippen LogP contribution in [0.15, 0.2) is 0 Å². The van der Waals surface area contributed by atoms with Crippen molar-refractivity contribution in [2.45, 2.75) is 44.2 Å². The van der Waals surface area contributed by atoms with Gasteiger partial charge in [-0.1, -0.05) is 0 Å². The molecular formula is C9H14N2O2. The lowest BCUT2D eigenvalue weighted by atomic mass is 10.0. The van der Waals surface area contributed by atoms with E-state index in [1.807, 2.05) is 4.90 Å². The van der Waals surface area contributed by atoms with Gasteiger partial charge < -0.3 is 10.6 Å². The van der Waals surface area contributed by atoms with Gasteiger partial charge in [-0.05, 0) is 25.7 Å². The van der Waals surface area contributed by atoms with Crippen molar-refractivity contribution in [3.8, 4) is 0 Å². The number of primary amides is 1. The van der Waals surface area contributed by atoms with Crippen molar-refractivity contribution >= 4 is 11.8 Å². The Morgan fingerprint density at radius 1 is 1.15 bits per heavy atom. The van der Waals surface area contributed by atoms with E-state index in [0.717, 1.165) is 25.7 Å². The average molecular weight is 182 g/mol. The molecule has 0 unspecified atom stereocenters. The van der Waals surface area contributed by atoms with Crippen LogP contribution in [-0.2, 0) is 9.59 Å². The molecule has 2 aliphatic rings. The maximum absolute atomic E-state index is 11.5. The van der Waals surface area contributed by atoms with Crippen LogP contribution >= 0.6 is 0 Å². The van der Waals surface area contributed by atoms with Crippen molar-refractivity contribution < 1.29 is 9.59 Å². The fraction of sp³-hybridized carbons (Fsp3) is 0.778. The van der Waals surface area contributed by atoms with Crippen LogP contribution in [0.5, 0.6) is 0 Å². The van der Waals surface area contributed by atoms with Crippen LogP contribution in [0.2, 0.25) is 0 Å². The van der Waals surface area contributed by atoms with Crippen LogP contribution in [0, 0.1) is 0 Å². The fourth-order valence-corrected chi connectivity index (χ4v) is 2.56. The number of amides is 2. The zero-order valence-electron chi connectivity index (χ0n) is 7.53. The smallest absolute Gasteiger partial charge is 0.232 e. The predicted octanol–water partition coefficient (Wildman–Crippen LogP) is 0.0152. The minimum absolute atomic E-state index is 0.0718. The first kappa shape index (κ1) is 8.53. The topological polar surface area (TPSA) is 63.4 Å². The highest BCUT2D eigenvalue weighted by Crippen LogP contribution is 2.37. The number of rotatable bonds is 2. The molecule has 2 aliphatic heterocycles. The minimum Gasteiger partial charge on any atom is -0.369 e. The fourth-order valence-electron chi connectivity index (χ4n) is 2.56. The van der Waals surface area contributed by atoms with Crippen LogP contribution in [0.4, 0.5) is 0 Å². The number of carbonyl (C=O) groups excluding carboxylic acids is 2. The third-order valence-electron chi connectivity index (χ3n) is 3.07. The second kappa shape index (κ2) is 3.01. The SMILES string of the molecule is NC(=O)CC(=O)N1C2CCC1CC2. The third kappa shape index (κ3) is 1.41. The Labute approximate surface area is 77.1 Å². The largest absolute Gasteiger partial charge is 0.369 e. The molecule has 2 saturated heterocycles. The van der Waals surface area contributed by atoms with Crippen molar-refractivity contribution in [1.29, 1.82) is 0 Å².